The third-order valence-corrected chi connectivity index (χ3v) is 3.41. The molecule has 0 aliphatic carbocycles. The lowest BCUT2D eigenvalue weighted by atomic mass is 10.2. The van der Waals surface area contributed by atoms with Crippen LogP contribution in [0.1, 0.15) is 27.7 Å². The van der Waals surface area contributed by atoms with Crippen LogP contribution in [0.25, 0.3) is 0 Å². The van der Waals surface area contributed by atoms with Gasteiger partial charge in [-0.3, -0.25) is 9.05 Å². The summed E-state index contributed by atoms with van der Waals surface area (Å²) in [6.45, 7) is 4.00. The van der Waals surface area contributed by atoms with Crippen molar-refractivity contribution in [2.75, 3.05) is 0 Å². The largest absolute Gasteiger partial charge is 0.424 e. The molecule has 0 radical (unpaired) electrons. The Morgan fingerprint density at radius 2 is 1.09 bits per heavy atom. The van der Waals surface area contributed by atoms with Gasteiger partial charge in [0.15, 0.2) is 6.10 Å². The summed E-state index contributed by atoms with van der Waals surface area (Å²) in [7, 11) is -3.58. The summed E-state index contributed by atoms with van der Waals surface area (Å²) < 4.78 is 124. The van der Waals surface area contributed by atoms with Crippen LogP contribution in [0.15, 0.2) is 0 Å². The second-order valence-electron chi connectivity index (χ2n) is 5.29. The first-order valence-corrected chi connectivity index (χ1v) is 6.96. The molecule has 0 amide bonds. The average Bonchev–Trinajstić information content (AvgIpc) is 2.18. The van der Waals surface area contributed by atoms with Crippen LogP contribution in [-0.2, 0) is 13.6 Å². The van der Waals surface area contributed by atoms with Crippen molar-refractivity contribution in [2.24, 2.45) is 0 Å². The Morgan fingerprint density at radius 1 is 0.696 bits per heavy atom. The van der Waals surface area contributed by atoms with E-state index in [2.05, 4.69) is 13.6 Å². The van der Waals surface area contributed by atoms with E-state index in [4.69, 9.17) is 0 Å². The summed E-state index contributed by atoms with van der Waals surface area (Å²) in [6.07, 6.45) is -23.8. The fourth-order valence-corrected chi connectivity index (χ4v) is 2.24. The zero-order chi connectivity index (χ0) is 18.9. The predicted octanol–water partition coefficient (Wildman–Crippen LogP) is 5.51. The highest BCUT2D eigenvalue weighted by Crippen LogP contribution is 2.52. The standard InChI is InChI=1S/C10H14F9O3P/c1-5(8(11,12)13)20-23(22-7(2,3)4)21-6(9(14,15)16)10(17,18)19/h5-6H,1-4H3. The Kier molecular flexibility index (Phi) is 7.18. The quantitative estimate of drug-likeness (QED) is 0.463. The first kappa shape index (κ1) is 22.7. The smallest absolute Gasteiger partial charge is 0.306 e. The Balaban J connectivity index is 5.35. The molecule has 0 spiro atoms. The van der Waals surface area contributed by atoms with Crippen molar-refractivity contribution in [1.82, 2.24) is 0 Å². The molecule has 0 aliphatic rings. The Morgan fingerprint density at radius 3 is 1.35 bits per heavy atom. The molecule has 0 rings (SSSR count). The van der Waals surface area contributed by atoms with Gasteiger partial charge < -0.3 is 4.52 Å². The number of rotatable bonds is 5. The van der Waals surface area contributed by atoms with Crippen LogP contribution in [0.4, 0.5) is 39.5 Å². The maximum atomic E-state index is 12.4. The first-order chi connectivity index (χ1) is 9.84. The molecular weight excluding hydrogens is 370 g/mol. The van der Waals surface area contributed by atoms with E-state index in [0.717, 1.165) is 0 Å². The number of hydrogen-bond donors (Lipinski definition) is 0. The minimum atomic E-state index is -5.90. The minimum absolute atomic E-state index is 0.404. The normalized spacial score (nSPS) is 17.5. The number of alkyl halides is 9. The van der Waals surface area contributed by atoms with Gasteiger partial charge in [0.1, 0.15) is 0 Å². The van der Waals surface area contributed by atoms with Crippen molar-refractivity contribution in [3.63, 3.8) is 0 Å². The van der Waals surface area contributed by atoms with Gasteiger partial charge in [-0.1, -0.05) is 0 Å². The van der Waals surface area contributed by atoms with E-state index in [1.54, 1.807) is 0 Å². The lowest BCUT2D eigenvalue weighted by Crippen LogP contribution is -2.44. The molecule has 0 aromatic carbocycles. The van der Waals surface area contributed by atoms with Crippen LogP contribution in [0.5, 0.6) is 0 Å². The monoisotopic (exact) mass is 384 g/mol. The van der Waals surface area contributed by atoms with Crippen molar-refractivity contribution < 1.29 is 53.1 Å². The number of halogens is 9. The fourth-order valence-electron chi connectivity index (χ4n) is 0.872. The van der Waals surface area contributed by atoms with Gasteiger partial charge in [0.25, 0.3) is 6.10 Å². The molecule has 0 aliphatic heterocycles. The van der Waals surface area contributed by atoms with Gasteiger partial charge >= 0.3 is 27.1 Å². The highest BCUT2D eigenvalue weighted by molar-refractivity contribution is 7.41. The topological polar surface area (TPSA) is 27.7 Å². The van der Waals surface area contributed by atoms with Gasteiger partial charge in [-0.05, 0) is 27.7 Å². The zero-order valence-electron chi connectivity index (χ0n) is 12.2. The highest BCUT2D eigenvalue weighted by atomic mass is 31.2. The van der Waals surface area contributed by atoms with Crippen LogP contribution in [0, 0.1) is 0 Å². The molecule has 0 aromatic heterocycles. The third kappa shape index (κ3) is 8.92. The maximum Gasteiger partial charge on any atom is 0.424 e. The fraction of sp³-hybridized carbons (Fsp3) is 1.00. The average molecular weight is 384 g/mol. The van der Waals surface area contributed by atoms with Gasteiger partial charge in [-0.15, -0.1) is 0 Å². The molecular formula is C10H14F9O3P. The van der Waals surface area contributed by atoms with Crippen LogP contribution in [0.2, 0.25) is 0 Å². The van der Waals surface area contributed by atoms with E-state index in [9.17, 15) is 39.5 Å². The van der Waals surface area contributed by atoms with E-state index >= 15 is 0 Å². The Labute approximate surface area is 127 Å². The van der Waals surface area contributed by atoms with E-state index in [0.29, 0.717) is 6.92 Å². The summed E-state index contributed by atoms with van der Waals surface area (Å²) in [5, 5.41) is 0. The molecule has 2 unspecified atom stereocenters. The SMILES string of the molecule is CC(OP(OC(C(F)(F)F)C(F)(F)F)OC(C)(C)C)C(F)(F)F. The highest BCUT2D eigenvalue weighted by Gasteiger charge is 2.60. The second-order valence-corrected chi connectivity index (χ2v) is 6.34. The summed E-state index contributed by atoms with van der Waals surface area (Å²) in [4.78, 5) is 0. The van der Waals surface area contributed by atoms with Crippen LogP contribution >= 0.6 is 8.60 Å². The van der Waals surface area contributed by atoms with E-state index < -0.39 is 44.9 Å². The minimum Gasteiger partial charge on any atom is -0.306 e. The summed E-state index contributed by atoms with van der Waals surface area (Å²) in [6, 6.07) is 0. The van der Waals surface area contributed by atoms with Crippen molar-refractivity contribution in [3.05, 3.63) is 0 Å². The van der Waals surface area contributed by atoms with Crippen LogP contribution in [-0.4, -0.2) is 36.3 Å². The summed E-state index contributed by atoms with van der Waals surface area (Å²) in [5.74, 6) is 0. The summed E-state index contributed by atoms with van der Waals surface area (Å²) >= 11 is 0. The molecule has 0 saturated heterocycles. The molecule has 0 N–H and O–H groups in total. The molecule has 2 atom stereocenters. The van der Waals surface area contributed by atoms with Gasteiger partial charge in [0.05, 0.1) is 5.60 Å². The lowest BCUT2D eigenvalue weighted by Gasteiger charge is -2.31. The van der Waals surface area contributed by atoms with Crippen LogP contribution in [0.3, 0.4) is 0 Å². The second kappa shape index (κ2) is 7.28. The van der Waals surface area contributed by atoms with Crippen molar-refractivity contribution in [1.29, 1.82) is 0 Å². The maximum absolute atomic E-state index is 12.4. The molecule has 3 nitrogen and oxygen atoms in total. The van der Waals surface area contributed by atoms with E-state index in [1.807, 2.05) is 0 Å². The van der Waals surface area contributed by atoms with E-state index in [1.165, 1.54) is 20.8 Å². The van der Waals surface area contributed by atoms with Gasteiger partial charge in [0.2, 0.25) is 0 Å². The van der Waals surface area contributed by atoms with Gasteiger partial charge in [-0.2, -0.15) is 39.5 Å². The Bertz CT molecular complexity index is 358. The number of hydrogen-bond acceptors (Lipinski definition) is 3. The molecule has 140 valence electrons. The van der Waals surface area contributed by atoms with Crippen molar-refractivity contribution >= 4 is 8.60 Å². The first-order valence-electron chi connectivity index (χ1n) is 5.87. The molecule has 0 heterocycles. The zero-order valence-corrected chi connectivity index (χ0v) is 13.1. The predicted molar refractivity (Wildman–Crippen MR) is 61.3 cm³/mol. The molecule has 0 aromatic rings. The molecule has 23 heavy (non-hydrogen) atoms. The van der Waals surface area contributed by atoms with Gasteiger partial charge in [-0.25, -0.2) is 0 Å². The molecule has 0 fully saturated rings. The molecule has 0 bridgehead atoms. The van der Waals surface area contributed by atoms with Crippen LogP contribution < -0.4 is 0 Å². The molecule has 13 heteroatoms. The van der Waals surface area contributed by atoms with Gasteiger partial charge in [0, 0.05) is 0 Å². The van der Waals surface area contributed by atoms with Crippen molar-refractivity contribution in [3.8, 4) is 0 Å². The molecule has 0 saturated carbocycles. The van der Waals surface area contributed by atoms with Crippen molar-refractivity contribution in [2.45, 2.75) is 64.0 Å². The lowest BCUT2D eigenvalue weighted by molar-refractivity contribution is -0.303. The van der Waals surface area contributed by atoms with E-state index in [-0.39, 0.29) is 0 Å². The third-order valence-electron chi connectivity index (χ3n) is 1.84. The Hall–Kier alpha value is -0.320. The summed E-state index contributed by atoms with van der Waals surface area (Å²) in [5.41, 5.74) is -1.40.